The van der Waals surface area contributed by atoms with Crippen molar-refractivity contribution in [1.29, 1.82) is 0 Å². The van der Waals surface area contributed by atoms with Crippen LogP contribution in [0.15, 0.2) is 47.4 Å². The van der Waals surface area contributed by atoms with Crippen LogP contribution in [0, 0.1) is 6.92 Å². The van der Waals surface area contributed by atoms with Gasteiger partial charge in [0.2, 0.25) is 0 Å². The SMILES string of the molecule is CCCNC(=O)c1ccc(S(=O)(=O)Nc2cc(Cl)ccc2C)cc1. The third kappa shape index (κ3) is 4.49. The second kappa shape index (κ2) is 7.68. The van der Waals surface area contributed by atoms with Crippen molar-refractivity contribution in [3.63, 3.8) is 0 Å². The van der Waals surface area contributed by atoms with Crippen LogP contribution < -0.4 is 10.0 Å². The maximum atomic E-state index is 12.5. The number of anilines is 1. The van der Waals surface area contributed by atoms with Gasteiger partial charge in [-0.05, 0) is 55.3 Å². The number of nitrogens with one attached hydrogen (secondary N) is 2. The first-order chi connectivity index (χ1) is 11.3. The van der Waals surface area contributed by atoms with Gasteiger partial charge in [0, 0.05) is 17.1 Å². The van der Waals surface area contributed by atoms with Gasteiger partial charge in [-0.15, -0.1) is 0 Å². The molecule has 24 heavy (non-hydrogen) atoms. The van der Waals surface area contributed by atoms with Crippen LogP contribution in [-0.2, 0) is 10.0 Å². The lowest BCUT2D eigenvalue weighted by Crippen LogP contribution is -2.24. The maximum absolute atomic E-state index is 12.5. The van der Waals surface area contributed by atoms with E-state index in [1.807, 2.05) is 6.92 Å². The summed E-state index contributed by atoms with van der Waals surface area (Å²) in [6.07, 6.45) is 0.834. The molecule has 2 N–H and O–H groups in total. The topological polar surface area (TPSA) is 75.3 Å². The van der Waals surface area contributed by atoms with Gasteiger partial charge in [-0.3, -0.25) is 9.52 Å². The summed E-state index contributed by atoms with van der Waals surface area (Å²) in [4.78, 5) is 11.9. The summed E-state index contributed by atoms with van der Waals surface area (Å²) in [6, 6.07) is 10.8. The van der Waals surface area contributed by atoms with Gasteiger partial charge >= 0.3 is 0 Å². The average molecular weight is 367 g/mol. The van der Waals surface area contributed by atoms with E-state index in [1.54, 1.807) is 25.1 Å². The maximum Gasteiger partial charge on any atom is 0.261 e. The number of hydrogen-bond acceptors (Lipinski definition) is 3. The number of halogens is 1. The molecular formula is C17H19ClN2O3S. The van der Waals surface area contributed by atoms with Gasteiger partial charge in [0.05, 0.1) is 10.6 Å². The zero-order valence-electron chi connectivity index (χ0n) is 13.5. The molecular weight excluding hydrogens is 348 g/mol. The van der Waals surface area contributed by atoms with E-state index in [1.165, 1.54) is 24.3 Å². The number of rotatable bonds is 6. The molecule has 0 saturated heterocycles. The number of benzene rings is 2. The van der Waals surface area contributed by atoms with Crippen molar-refractivity contribution in [3.8, 4) is 0 Å². The molecule has 0 saturated carbocycles. The Morgan fingerprint density at radius 1 is 1.12 bits per heavy atom. The van der Waals surface area contributed by atoms with Crippen LogP contribution in [0.5, 0.6) is 0 Å². The van der Waals surface area contributed by atoms with Gasteiger partial charge in [-0.1, -0.05) is 24.6 Å². The molecule has 0 heterocycles. The van der Waals surface area contributed by atoms with Crippen LogP contribution in [0.1, 0.15) is 29.3 Å². The third-order valence-electron chi connectivity index (χ3n) is 3.41. The van der Waals surface area contributed by atoms with Crippen LogP contribution in [0.4, 0.5) is 5.69 Å². The lowest BCUT2D eigenvalue weighted by atomic mass is 10.2. The molecule has 7 heteroatoms. The van der Waals surface area contributed by atoms with E-state index in [0.717, 1.165) is 12.0 Å². The van der Waals surface area contributed by atoms with Gasteiger partial charge in [0.15, 0.2) is 0 Å². The fraction of sp³-hybridized carbons (Fsp3) is 0.235. The Morgan fingerprint density at radius 3 is 2.42 bits per heavy atom. The summed E-state index contributed by atoms with van der Waals surface area (Å²) < 4.78 is 27.4. The van der Waals surface area contributed by atoms with E-state index in [9.17, 15) is 13.2 Å². The minimum absolute atomic E-state index is 0.0777. The Morgan fingerprint density at radius 2 is 1.79 bits per heavy atom. The molecule has 2 aromatic carbocycles. The highest BCUT2D eigenvalue weighted by atomic mass is 35.5. The normalized spacial score (nSPS) is 11.1. The monoisotopic (exact) mass is 366 g/mol. The second-order valence-corrected chi connectivity index (χ2v) is 7.46. The molecule has 0 radical (unpaired) electrons. The molecule has 0 aromatic heterocycles. The number of carbonyl (C=O) groups excluding carboxylic acids is 1. The Labute approximate surface area is 147 Å². The molecule has 0 aliphatic heterocycles. The van der Waals surface area contributed by atoms with Gasteiger partial charge in [0.25, 0.3) is 15.9 Å². The highest BCUT2D eigenvalue weighted by molar-refractivity contribution is 7.92. The summed E-state index contributed by atoms with van der Waals surface area (Å²) in [5.74, 6) is -0.223. The van der Waals surface area contributed by atoms with Crippen molar-refractivity contribution >= 4 is 33.2 Å². The number of amides is 1. The van der Waals surface area contributed by atoms with Crippen molar-refractivity contribution in [2.75, 3.05) is 11.3 Å². The summed E-state index contributed by atoms with van der Waals surface area (Å²) in [5, 5.41) is 3.19. The van der Waals surface area contributed by atoms with Crippen LogP contribution in [0.3, 0.4) is 0 Å². The zero-order valence-corrected chi connectivity index (χ0v) is 15.0. The third-order valence-corrected chi connectivity index (χ3v) is 5.02. The fourth-order valence-electron chi connectivity index (χ4n) is 2.03. The van der Waals surface area contributed by atoms with Gasteiger partial charge in [0.1, 0.15) is 0 Å². The Hall–Kier alpha value is -2.05. The van der Waals surface area contributed by atoms with Crippen molar-refractivity contribution in [3.05, 3.63) is 58.6 Å². The molecule has 0 atom stereocenters. The largest absolute Gasteiger partial charge is 0.352 e. The van der Waals surface area contributed by atoms with Crippen LogP contribution in [0.2, 0.25) is 5.02 Å². The smallest absolute Gasteiger partial charge is 0.261 e. The number of aryl methyl sites for hydroxylation is 1. The Kier molecular flexibility index (Phi) is 5.85. The highest BCUT2D eigenvalue weighted by Gasteiger charge is 2.16. The predicted molar refractivity (Wildman–Crippen MR) is 96.1 cm³/mol. The van der Waals surface area contributed by atoms with E-state index in [-0.39, 0.29) is 10.8 Å². The molecule has 0 spiro atoms. The summed E-state index contributed by atoms with van der Waals surface area (Å²) in [5.41, 5.74) is 1.60. The highest BCUT2D eigenvalue weighted by Crippen LogP contribution is 2.23. The summed E-state index contributed by atoms with van der Waals surface area (Å²) in [7, 11) is -3.75. The average Bonchev–Trinajstić information content (AvgIpc) is 2.56. The van der Waals surface area contributed by atoms with Crippen LogP contribution >= 0.6 is 11.6 Å². The lowest BCUT2D eigenvalue weighted by molar-refractivity contribution is 0.0953. The Balaban J connectivity index is 2.20. The minimum Gasteiger partial charge on any atom is -0.352 e. The van der Waals surface area contributed by atoms with Gasteiger partial charge in [-0.2, -0.15) is 0 Å². The molecule has 2 rings (SSSR count). The molecule has 0 unspecified atom stereocenters. The first-order valence-electron chi connectivity index (χ1n) is 7.50. The molecule has 0 aliphatic rings. The van der Waals surface area contributed by atoms with Crippen LogP contribution in [-0.4, -0.2) is 20.9 Å². The first-order valence-corrected chi connectivity index (χ1v) is 9.37. The molecule has 1 amide bonds. The quantitative estimate of drug-likeness (QED) is 0.820. The van der Waals surface area contributed by atoms with Crippen molar-refractivity contribution < 1.29 is 13.2 Å². The van der Waals surface area contributed by atoms with Crippen molar-refractivity contribution in [1.82, 2.24) is 5.32 Å². The van der Waals surface area contributed by atoms with Crippen molar-refractivity contribution in [2.45, 2.75) is 25.2 Å². The minimum atomic E-state index is -3.75. The van der Waals surface area contributed by atoms with E-state index >= 15 is 0 Å². The van der Waals surface area contributed by atoms with E-state index in [2.05, 4.69) is 10.0 Å². The molecule has 0 aliphatic carbocycles. The fourth-order valence-corrected chi connectivity index (χ4v) is 3.33. The second-order valence-electron chi connectivity index (χ2n) is 5.35. The lowest BCUT2D eigenvalue weighted by Gasteiger charge is -2.11. The molecule has 0 fully saturated rings. The Bertz CT molecular complexity index is 833. The van der Waals surface area contributed by atoms with Crippen LogP contribution in [0.25, 0.3) is 0 Å². The predicted octanol–water partition coefficient (Wildman–Crippen LogP) is 3.59. The molecule has 0 bridgehead atoms. The first kappa shape index (κ1) is 18.3. The summed E-state index contributed by atoms with van der Waals surface area (Å²) in [6.45, 7) is 4.32. The number of sulfonamides is 1. The molecule has 5 nitrogen and oxygen atoms in total. The van der Waals surface area contributed by atoms with E-state index in [4.69, 9.17) is 11.6 Å². The standard InChI is InChI=1S/C17H19ClN2O3S/c1-3-10-19-17(21)13-5-8-15(9-6-13)24(22,23)20-16-11-14(18)7-4-12(16)2/h4-9,11,20H,3,10H2,1-2H3,(H,19,21). The van der Waals surface area contributed by atoms with Gasteiger partial charge in [-0.25, -0.2) is 8.42 Å². The van der Waals surface area contributed by atoms with E-state index < -0.39 is 10.0 Å². The number of hydrogen-bond donors (Lipinski definition) is 2. The zero-order chi connectivity index (χ0) is 17.7. The summed E-state index contributed by atoms with van der Waals surface area (Å²) >= 11 is 5.91. The molecule has 2 aromatic rings. The number of carbonyl (C=O) groups is 1. The van der Waals surface area contributed by atoms with E-state index in [0.29, 0.717) is 22.8 Å². The van der Waals surface area contributed by atoms with Crippen molar-refractivity contribution in [2.24, 2.45) is 0 Å². The van der Waals surface area contributed by atoms with Gasteiger partial charge < -0.3 is 5.32 Å². The molecule has 128 valence electrons.